The van der Waals surface area contributed by atoms with Crippen LogP contribution >= 0.6 is 0 Å². The summed E-state index contributed by atoms with van der Waals surface area (Å²) in [7, 11) is 0. The Bertz CT molecular complexity index is 912. The minimum absolute atomic E-state index is 0.00243. The van der Waals surface area contributed by atoms with Crippen molar-refractivity contribution in [2.75, 3.05) is 4.90 Å². The molecule has 1 spiro atoms. The number of nitrogens with one attached hydrogen (secondary N) is 1. The van der Waals surface area contributed by atoms with Crippen LogP contribution in [0.5, 0.6) is 0 Å². The molecule has 2 fully saturated rings. The predicted molar refractivity (Wildman–Crippen MR) is 95.8 cm³/mol. The Hall–Kier alpha value is -3.15. The highest BCUT2D eigenvalue weighted by atomic mass is 16.6. The molecule has 1 saturated carbocycles. The number of para-hydroxylation sites is 1. The van der Waals surface area contributed by atoms with Crippen molar-refractivity contribution in [1.29, 1.82) is 0 Å². The van der Waals surface area contributed by atoms with Crippen molar-refractivity contribution < 1.29 is 14.4 Å². The van der Waals surface area contributed by atoms with Crippen LogP contribution in [0.3, 0.4) is 0 Å². The summed E-state index contributed by atoms with van der Waals surface area (Å²) in [4.78, 5) is 32.6. The fourth-order valence-electron chi connectivity index (χ4n) is 4.24. The van der Waals surface area contributed by atoms with Gasteiger partial charge < -0.3 is 10.2 Å². The van der Waals surface area contributed by atoms with Gasteiger partial charge in [-0.05, 0) is 24.1 Å². The number of benzene rings is 2. The number of rotatable bonds is 2. The zero-order valence-electron chi connectivity index (χ0n) is 14.0. The van der Waals surface area contributed by atoms with Crippen molar-refractivity contribution in [3.8, 4) is 0 Å². The van der Waals surface area contributed by atoms with E-state index in [4.69, 9.17) is 4.84 Å². The topological polar surface area (TPSA) is 71.0 Å². The van der Waals surface area contributed by atoms with Crippen LogP contribution in [0, 0.1) is 5.92 Å². The van der Waals surface area contributed by atoms with E-state index in [-0.39, 0.29) is 24.0 Å². The van der Waals surface area contributed by atoms with Gasteiger partial charge in [0.05, 0.1) is 11.4 Å². The summed E-state index contributed by atoms with van der Waals surface area (Å²) in [5.41, 5.74) is 1.52. The fourth-order valence-corrected chi connectivity index (χ4v) is 4.24. The van der Waals surface area contributed by atoms with Gasteiger partial charge in [-0.2, -0.15) is 0 Å². The van der Waals surface area contributed by atoms with Crippen LogP contribution in [0.25, 0.3) is 0 Å². The lowest BCUT2D eigenvalue weighted by Gasteiger charge is -2.21. The Morgan fingerprint density at radius 1 is 1.00 bits per heavy atom. The van der Waals surface area contributed by atoms with Crippen LogP contribution in [-0.4, -0.2) is 29.3 Å². The molecule has 0 unspecified atom stereocenters. The summed E-state index contributed by atoms with van der Waals surface area (Å²) >= 11 is 0. The monoisotopic (exact) mass is 347 g/mol. The van der Waals surface area contributed by atoms with E-state index in [2.05, 4.69) is 10.5 Å². The molecule has 3 amide bonds. The lowest BCUT2D eigenvalue weighted by atomic mass is 9.91. The van der Waals surface area contributed by atoms with E-state index in [9.17, 15) is 9.59 Å². The molecule has 0 bridgehead atoms. The second-order valence-electron chi connectivity index (χ2n) is 6.99. The lowest BCUT2D eigenvalue weighted by Crippen LogP contribution is -2.45. The highest BCUT2D eigenvalue weighted by Crippen LogP contribution is 2.45. The molecule has 2 aromatic rings. The van der Waals surface area contributed by atoms with E-state index in [1.54, 1.807) is 12.1 Å². The van der Waals surface area contributed by atoms with Crippen molar-refractivity contribution in [2.45, 2.75) is 24.5 Å². The number of imide groups is 1. The maximum absolute atomic E-state index is 13.2. The molecular formula is C20H17N3O3. The maximum atomic E-state index is 13.2. The molecule has 2 heterocycles. The number of nitrogens with zero attached hydrogens (tertiary/aromatic N) is 2. The molecule has 3 aliphatic rings. The summed E-state index contributed by atoms with van der Waals surface area (Å²) in [6.07, 6.45) is 0.746. The number of urea groups is 1. The average molecular weight is 347 g/mol. The molecule has 0 radical (unpaired) electrons. The first-order valence-corrected chi connectivity index (χ1v) is 8.69. The predicted octanol–water partition coefficient (Wildman–Crippen LogP) is 2.69. The highest BCUT2D eigenvalue weighted by Gasteiger charge is 2.61. The molecule has 1 aliphatic carbocycles. The van der Waals surface area contributed by atoms with Crippen LogP contribution in [0.15, 0.2) is 65.8 Å². The van der Waals surface area contributed by atoms with Crippen LogP contribution in [0.1, 0.15) is 18.4 Å². The number of amides is 3. The zero-order valence-corrected chi connectivity index (χ0v) is 14.0. The Kier molecular flexibility index (Phi) is 3.16. The second kappa shape index (κ2) is 5.42. The maximum Gasteiger partial charge on any atom is 0.329 e. The average Bonchev–Trinajstić information content (AvgIpc) is 3.28. The van der Waals surface area contributed by atoms with Crippen LogP contribution in [0.4, 0.5) is 10.5 Å². The van der Waals surface area contributed by atoms with Crippen LogP contribution < -0.4 is 10.2 Å². The van der Waals surface area contributed by atoms with E-state index >= 15 is 0 Å². The minimum atomic E-state index is -0.918. The standard InChI is InChI=1S/C20H17N3O3/c24-18-20(21-19(25)23(18)14-9-5-2-6-10-14)11-15-16(12-20)26-22-17(15)13-7-3-1-4-8-13/h1-10,15-16H,11-12H2,(H,21,25)/t15-,16+,20+/m1/s1. The fraction of sp³-hybridized carbons (Fsp3) is 0.250. The number of anilines is 1. The third-order valence-corrected chi connectivity index (χ3v) is 5.45. The minimum Gasteiger partial charge on any atom is -0.391 e. The lowest BCUT2D eigenvalue weighted by molar-refractivity contribution is -0.122. The molecular weight excluding hydrogens is 330 g/mol. The first kappa shape index (κ1) is 15.1. The molecule has 2 aliphatic heterocycles. The molecule has 5 rings (SSSR count). The first-order valence-electron chi connectivity index (χ1n) is 8.69. The molecule has 130 valence electrons. The van der Waals surface area contributed by atoms with Gasteiger partial charge in [-0.1, -0.05) is 53.7 Å². The highest BCUT2D eigenvalue weighted by molar-refractivity contribution is 6.23. The summed E-state index contributed by atoms with van der Waals surface area (Å²) in [6, 6.07) is 18.5. The number of fused-ring (bicyclic) bond motifs is 1. The number of oxime groups is 1. The summed E-state index contributed by atoms with van der Waals surface area (Å²) in [5.74, 6) is -0.212. The van der Waals surface area contributed by atoms with Gasteiger partial charge in [0, 0.05) is 12.3 Å². The number of carbonyl (C=O) groups is 2. The van der Waals surface area contributed by atoms with Crippen molar-refractivity contribution >= 4 is 23.3 Å². The van der Waals surface area contributed by atoms with Gasteiger partial charge in [-0.15, -0.1) is 0 Å². The van der Waals surface area contributed by atoms with Gasteiger partial charge in [-0.3, -0.25) is 4.79 Å². The molecule has 1 saturated heterocycles. The SMILES string of the molecule is O=C1N[C@@]2(C[C@@H]3ON=C(c4ccccc4)[C@@H]3C2)C(=O)N1c1ccccc1. The molecule has 2 aromatic carbocycles. The van der Waals surface area contributed by atoms with Gasteiger partial charge in [0.1, 0.15) is 11.6 Å². The zero-order chi connectivity index (χ0) is 17.7. The third kappa shape index (κ3) is 2.08. The summed E-state index contributed by atoms with van der Waals surface area (Å²) in [5, 5.41) is 7.18. The Balaban J connectivity index is 1.45. The Morgan fingerprint density at radius 2 is 1.69 bits per heavy atom. The molecule has 26 heavy (non-hydrogen) atoms. The Morgan fingerprint density at radius 3 is 2.42 bits per heavy atom. The van der Waals surface area contributed by atoms with E-state index in [1.165, 1.54) is 4.90 Å². The molecule has 3 atom stereocenters. The van der Waals surface area contributed by atoms with E-state index in [0.717, 1.165) is 11.3 Å². The van der Waals surface area contributed by atoms with Gasteiger partial charge in [0.25, 0.3) is 5.91 Å². The normalized spacial score (nSPS) is 29.5. The first-order chi connectivity index (χ1) is 12.7. The largest absolute Gasteiger partial charge is 0.391 e. The van der Waals surface area contributed by atoms with E-state index < -0.39 is 5.54 Å². The van der Waals surface area contributed by atoms with Gasteiger partial charge in [0.2, 0.25) is 0 Å². The van der Waals surface area contributed by atoms with Crippen molar-refractivity contribution in [3.05, 3.63) is 66.2 Å². The number of hydrogen-bond donors (Lipinski definition) is 1. The van der Waals surface area contributed by atoms with Gasteiger partial charge in [0.15, 0.2) is 0 Å². The smallest absolute Gasteiger partial charge is 0.329 e. The number of hydrogen-bond acceptors (Lipinski definition) is 4. The summed E-state index contributed by atoms with van der Waals surface area (Å²) in [6.45, 7) is 0. The van der Waals surface area contributed by atoms with E-state index in [1.807, 2.05) is 48.5 Å². The van der Waals surface area contributed by atoms with Crippen LogP contribution in [-0.2, 0) is 9.63 Å². The number of carbonyl (C=O) groups excluding carboxylic acids is 2. The third-order valence-electron chi connectivity index (χ3n) is 5.45. The molecule has 0 aromatic heterocycles. The van der Waals surface area contributed by atoms with Crippen molar-refractivity contribution in [3.63, 3.8) is 0 Å². The van der Waals surface area contributed by atoms with Crippen molar-refractivity contribution in [2.24, 2.45) is 11.1 Å². The van der Waals surface area contributed by atoms with Crippen molar-refractivity contribution in [1.82, 2.24) is 5.32 Å². The second-order valence-corrected chi connectivity index (χ2v) is 6.99. The van der Waals surface area contributed by atoms with Gasteiger partial charge >= 0.3 is 6.03 Å². The quantitative estimate of drug-likeness (QED) is 0.849. The Labute approximate surface area is 150 Å². The molecule has 6 heteroatoms. The van der Waals surface area contributed by atoms with Gasteiger partial charge in [-0.25, -0.2) is 9.69 Å². The molecule has 1 N–H and O–H groups in total. The molecule has 6 nitrogen and oxygen atoms in total. The summed E-state index contributed by atoms with van der Waals surface area (Å²) < 4.78 is 0. The van der Waals surface area contributed by atoms with Crippen LogP contribution in [0.2, 0.25) is 0 Å². The van der Waals surface area contributed by atoms with E-state index in [0.29, 0.717) is 18.5 Å².